The number of benzene rings is 1. The summed E-state index contributed by atoms with van der Waals surface area (Å²) in [4.78, 5) is 12.2. The Labute approximate surface area is 116 Å². The van der Waals surface area contributed by atoms with E-state index in [1.165, 1.54) is 25.7 Å². The maximum atomic E-state index is 12.2. The lowest BCUT2D eigenvalue weighted by Crippen LogP contribution is -2.34. The maximum Gasteiger partial charge on any atom is 0.253 e. The molecule has 0 unspecified atom stereocenters. The highest BCUT2D eigenvalue weighted by Gasteiger charge is 2.17. The first-order valence-corrected chi connectivity index (χ1v) is 7.32. The van der Waals surface area contributed by atoms with E-state index in [0.717, 1.165) is 17.3 Å². The Balaban J connectivity index is 2.02. The summed E-state index contributed by atoms with van der Waals surface area (Å²) in [5.41, 5.74) is 6.96. The molecule has 0 radical (unpaired) electrons. The molecule has 0 aliphatic heterocycles. The third-order valence-electron chi connectivity index (χ3n) is 3.45. The first kappa shape index (κ1) is 13.4. The highest BCUT2D eigenvalue weighted by Crippen LogP contribution is 2.21. The van der Waals surface area contributed by atoms with Crippen molar-refractivity contribution in [2.75, 3.05) is 5.73 Å². The molecule has 18 heavy (non-hydrogen) atoms. The third kappa shape index (κ3) is 3.48. The first-order chi connectivity index (χ1) is 8.66. The SMILES string of the molecule is Nc1cc(Br)ccc1C(=O)NC1CCCCCC1. The maximum absolute atomic E-state index is 12.2. The van der Waals surface area contributed by atoms with Crippen molar-refractivity contribution in [3.05, 3.63) is 28.2 Å². The van der Waals surface area contributed by atoms with Crippen molar-refractivity contribution in [3.63, 3.8) is 0 Å². The van der Waals surface area contributed by atoms with E-state index in [9.17, 15) is 4.79 Å². The van der Waals surface area contributed by atoms with Crippen LogP contribution in [0.25, 0.3) is 0 Å². The Bertz CT molecular complexity index is 426. The largest absolute Gasteiger partial charge is 0.398 e. The van der Waals surface area contributed by atoms with E-state index in [-0.39, 0.29) is 5.91 Å². The molecule has 1 aliphatic carbocycles. The fraction of sp³-hybridized carbons (Fsp3) is 0.500. The summed E-state index contributed by atoms with van der Waals surface area (Å²) in [6.07, 6.45) is 7.16. The second kappa shape index (κ2) is 6.23. The van der Waals surface area contributed by atoms with E-state index in [1.54, 1.807) is 12.1 Å². The van der Waals surface area contributed by atoms with Crippen molar-refractivity contribution in [2.45, 2.75) is 44.6 Å². The molecule has 1 amide bonds. The van der Waals surface area contributed by atoms with Gasteiger partial charge in [0.05, 0.1) is 5.56 Å². The van der Waals surface area contributed by atoms with Gasteiger partial charge in [-0.15, -0.1) is 0 Å². The van der Waals surface area contributed by atoms with Crippen LogP contribution in [0.3, 0.4) is 0 Å². The summed E-state index contributed by atoms with van der Waals surface area (Å²) in [7, 11) is 0. The van der Waals surface area contributed by atoms with Crippen LogP contribution in [-0.4, -0.2) is 11.9 Å². The highest BCUT2D eigenvalue weighted by molar-refractivity contribution is 9.10. The fourth-order valence-electron chi connectivity index (χ4n) is 2.43. The van der Waals surface area contributed by atoms with E-state index in [0.29, 0.717) is 17.3 Å². The minimum atomic E-state index is -0.0492. The number of carbonyl (C=O) groups excluding carboxylic acids is 1. The molecule has 1 aliphatic rings. The van der Waals surface area contributed by atoms with Crippen LogP contribution in [0.4, 0.5) is 5.69 Å². The van der Waals surface area contributed by atoms with Gasteiger partial charge in [0.2, 0.25) is 0 Å². The number of nitrogens with one attached hydrogen (secondary N) is 1. The van der Waals surface area contributed by atoms with Gasteiger partial charge < -0.3 is 11.1 Å². The van der Waals surface area contributed by atoms with Crippen LogP contribution >= 0.6 is 15.9 Å². The molecule has 1 aromatic rings. The lowest BCUT2D eigenvalue weighted by atomic mass is 10.1. The second-order valence-electron chi connectivity index (χ2n) is 4.89. The minimum absolute atomic E-state index is 0.0492. The van der Waals surface area contributed by atoms with Crippen molar-refractivity contribution in [1.29, 1.82) is 0 Å². The zero-order valence-electron chi connectivity index (χ0n) is 10.4. The Morgan fingerprint density at radius 1 is 1.22 bits per heavy atom. The predicted octanol–water partition coefficient (Wildman–Crippen LogP) is 3.48. The lowest BCUT2D eigenvalue weighted by molar-refractivity contribution is 0.0934. The van der Waals surface area contributed by atoms with Crippen LogP contribution in [-0.2, 0) is 0 Å². The van der Waals surface area contributed by atoms with Gasteiger partial charge in [0.1, 0.15) is 0 Å². The van der Waals surface area contributed by atoms with Gasteiger partial charge in [0, 0.05) is 16.2 Å². The molecule has 4 heteroatoms. The molecule has 0 saturated heterocycles. The van der Waals surface area contributed by atoms with Crippen LogP contribution < -0.4 is 11.1 Å². The zero-order valence-corrected chi connectivity index (χ0v) is 12.0. The number of rotatable bonds is 2. The molecule has 0 atom stereocenters. The molecule has 1 fully saturated rings. The monoisotopic (exact) mass is 310 g/mol. The van der Waals surface area contributed by atoms with Crippen molar-refractivity contribution >= 4 is 27.5 Å². The Morgan fingerprint density at radius 3 is 2.50 bits per heavy atom. The van der Waals surface area contributed by atoms with Gasteiger partial charge in [0.25, 0.3) is 5.91 Å². The van der Waals surface area contributed by atoms with Crippen LogP contribution in [0.5, 0.6) is 0 Å². The topological polar surface area (TPSA) is 55.1 Å². The minimum Gasteiger partial charge on any atom is -0.398 e. The van der Waals surface area contributed by atoms with E-state index in [2.05, 4.69) is 21.2 Å². The van der Waals surface area contributed by atoms with E-state index in [1.807, 2.05) is 6.07 Å². The van der Waals surface area contributed by atoms with Gasteiger partial charge in [0.15, 0.2) is 0 Å². The number of carbonyl (C=O) groups is 1. The normalized spacial score (nSPS) is 17.2. The van der Waals surface area contributed by atoms with Crippen LogP contribution in [0.2, 0.25) is 0 Å². The van der Waals surface area contributed by atoms with E-state index < -0.39 is 0 Å². The van der Waals surface area contributed by atoms with Gasteiger partial charge in [-0.05, 0) is 31.0 Å². The smallest absolute Gasteiger partial charge is 0.253 e. The number of nitrogens with two attached hydrogens (primary N) is 1. The van der Waals surface area contributed by atoms with Crippen molar-refractivity contribution in [2.24, 2.45) is 0 Å². The Kier molecular flexibility index (Phi) is 4.64. The van der Waals surface area contributed by atoms with Crippen molar-refractivity contribution < 1.29 is 4.79 Å². The summed E-state index contributed by atoms with van der Waals surface area (Å²) in [6.45, 7) is 0. The molecule has 0 bridgehead atoms. The second-order valence-corrected chi connectivity index (χ2v) is 5.81. The van der Waals surface area contributed by atoms with Gasteiger partial charge in [-0.1, -0.05) is 41.6 Å². The highest BCUT2D eigenvalue weighted by atomic mass is 79.9. The summed E-state index contributed by atoms with van der Waals surface area (Å²) in [5.74, 6) is -0.0492. The molecule has 1 aromatic carbocycles. The quantitative estimate of drug-likeness (QED) is 0.649. The third-order valence-corrected chi connectivity index (χ3v) is 3.94. The summed E-state index contributed by atoms with van der Waals surface area (Å²) in [5, 5.41) is 3.10. The Hall–Kier alpha value is -1.03. The molecule has 0 aromatic heterocycles. The fourth-order valence-corrected chi connectivity index (χ4v) is 2.81. The van der Waals surface area contributed by atoms with Crippen molar-refractivity contribution in [3.8, 4) is 0 Å². The average molecular weight is 311 g/mol. The summed E-state index contributed by atoms with van der Waals surface area (Å²) in [6, 6.07) is 5.69. The van der Waals surface area contributed by atoms with Gasteiger partial charge >= 0.3 is 0 Å². The average Bonchev–Trinajstić information content (AvgIpc) is 2.57. The van der Waals surface area contributed by atoms with Crippen LogP contribution in [0, 0.1) is 0 Å². The zero-order chi connectivity index (χ0) is 13.0. The van der Waals surface area contributed by atoms with Gasteiger partial charge in [-0.25, -0.2) is 0 Å². The predicted molar refractivity (Wildman–Crippen MR) is 77.5 cm³/mol. The number of nitrogen functional groups attached to an aromatic ring is 1. The van der Waals surface area contributed by atoms with E-state index in [4.69, 9.17) is 5.73 Å². The Morgan fingerprint density at radius 2 is 1.89 bits per heavy atom. The molecule has 1 saturated carbocycles. The lowest BCUT2D eigenvalue weighted by Gasteiger charge is -2.17. The summed E-state index contributed by atoms with van der Waals surface area (Å²) >= 11 is 3.34. The van der Waals surface area contributed by atoms with Crippen LogP contribution in [0.1, 0.15) is 48.9 Å². The van der Waals surface area contributed by atoms with Crippen molar-refractivity contribution in [1.82, 2.24) is 5.32 Å². The van der Waals surface area contributed by atoms with Gasteiger partial charge in [-0.3, -0.25) is 4.79 Å². The van der Waals surface area contributed by atoms with Gasteiger partial charge in [-0.2, -0.15) is 0 Å². The number of amides is 1. The molecule has 0 spiro atoms. The molecule has 98 valence electrons. The molecular formula is C14H19BrN2O. The summed E-state index contributed by atoms with van der Waals surface area (Å²) < 4.78 is 0.894. The van der Waals surface area contributed by atoms with Crippen LogP contribution in [0.15, 0.2) is 22.7 Å². The number of anilines is 1. The van der Waals surface area contributed by atoms with E-state index >= 15 is 0 Å². The first-order valence-electron chi connectivity index (χ1n) is 6.52. The molecular weight excluding hydrogens is 292 g/mol. The number of halogens is 1. The molecule has 3 nitrogen and oxygen atoms in total. The molecule has 3 N–H and O–H groups in total. The number of hydrogen-bond donors (Lipinski definition) is 2. The number of hydrogen-bond acceptors (Lipinski definition) is 2. The molecule has 2 rings (SSSR count). The standard InChI is InChI=1S/C14H19BrN2O/c15-10-7-8-12(13(16)9-10)14(18)17-11-5-3-1-2-4-6-11/h7-9,11H,1-6,16H2,(H,17,18). The molecule has 0 heterocycles.